The van der Waals surface area contributed by atoms with Crippen LogP contribution in [0.25, 0.3) is 11.2 Å². The van der Waals surface area contributed by atoms with Crippen molar-refractivity contribution in [2.24, 2.45) is 11.7 Å². The van der Waals surface area contributed by atoms with Crippen LogP contribution in [-0.4, -0.2) is 21.5 Å². The Kier molecular flexibility index (Phi) is 3.04. The van der Waals surface area contributed by atoms with Crippen LogP contribution in [0.5, 0.6) is 0 Å². The van der Waals surface area contributed by atoms with Crippen molar-refractivity contribution in [3.8, 4) is 0 Å². The van der Waals surface area contributed by atoms with Crippen molar-refractivity contribution in [1.82, 2.24) is 15.0 Å². The fourth-order valence-corrected chi connectivity index (χ4v) is 3.03. The predicted octanol–water partition coefficient (Wildman–Crippen LogP) is 2.50. The summed E-state index contributed by atoms with van der Waals surface area (Å²) in [6.07, 6.45) is 5.01. The minimum Gasteiger partial charge on any atom is -0.340 e. The van der Waals surface area contributed by atoms with Gasteiger partial charge in [0.25, 0.3) is 0 Å². The van der Waals surface area contributed by atoms with Crippen molar-refractivity contribution in [2.45, 2.75) is 38.5 Å². The van der Waals surface area contributed by atoms with Gasteiger partial charge in [0.2, 0.25) is 0 Å². The van der Waals surface area contributed by atoms with Gasteiger partial charge in [-0.25, -0.2) is 9.97 Å². The van der Waals surface area contributed by atoms with E-state index in [9.17, 15) is 0 Å². The molecule has 0 bridgehead atoms. The van der Waals surface area contributed by atoms with Gasteiger partial charge < -0.3 is 10.7 Å². The molecule has 0 spiro atoms. The largest absolute Gasteiger partial charge is 0.340 e. The molecule has 2 unspecified atom stereocenters. The number of nitrogens with one attached hydrogen (secondary N) is 1. The molecular formula is C14H20N4. The first-order valence-corrected chi connectivity index (χ1v) is 6.81. The van der Waals surface area contributed by atoms with Crippen LogP contribution in [0.3, 0.4) is 0 Å². The number of fused-ring (bicyclic) bond motifs is 1. The van der Waals surface area contributed by atoms with Gasteiger partial charge in [0, 0.05) is 11.6 Å². The summed E-state index contributed by atoms with van der Waals surface area (Å²) >= 11 is 0. The highest BCUT2D eigenvalue weighted by Gasteiger charge is 2.27. The Balaban J connectivity index is 1.97. The molecule has 2 atom stereocenters. The van der Waals surface area contributed by atoms with Crippen LogP contribution in [0.2, 0.25) is 0 Å². The molecule has 2 heterocycles. The molecule has 0 amide bonds. The van der Waals surface area contributed by atoms with Gasteiger partial charge in [-0.05, 0) is 44.4 Å². The van der Waals surface area contributed by atoms with E-state index in [0.29, 0.717) is 11.8 Å². The molecule has 18 heavy (non-hydrogen) atoms. The lowest BCUT2D eigenvalue weighted by Gasteiger charge is -2.28. The molecule has 3 N–H and O–H groups in total. The summed E-state index contributed by atoms with van der Waals surface area (Å²) in [5.41, 5.74) is 8.78. The van der Waals surface area contributed by atoms with E-state index in [1.54, 1.807) is 0 Å². The van der Waals surface area contributed by atoms with Crippen molar-refractivity contribution >= 4 is 11.2 Å². The normalized spacial score (nSPS) is 24.6. The fraction of sp³-hybridized carbons (Fsp3) is 0.571. The Morgan fingerprint density at radius 2 is 2.11 bits per heavy atom. The molecule has 1 aliphatic carbocycles. The van der Waals surface area contributed by atoms with Gasteiger partial charge in [0.1, 0.15) is 5.82 Å². The summed E-state index contributed by atoms with van der Waals surface area (Å²) in [5, 5.41) is 0. The second-order valence-corrected chi connectivity index (χ2v) is 5.33. The van der Waals surface area contributed by atoms with E-state index < -0.39 is 0 Å². The third-order valence-corrected chi connectivity index (χ3v) is 4.07. The van der Waals surface area contributed by atoms with Gasteiger partial charge in [-0.3, -0.25) is 0 Å². The monoisotopic (exact) mass is 244 g/mol. The second-order valence-electron chi connectivity index (χ2n) is 5.33. The Bertz CT molecular complexity index is 546. The van der Waals surface area contributed by atoms with Gasteiger partial charge in [0.15, 0.2) is 5.65 Å². The topological polar surface area (TPSA) is 67.6 Å². The highest BCUT2D eigenvalue weighted by atomic mass is 15.0. The molecule has 1 fully saturated rings. The van der Waals surface area contributed by atoms with Crippen molar-refractivity contribution < 1.29 is 0 Å². The van der Waals surface area contributed by atoms with E-state index in [0.717, 1.165) is 29.2 Å². The SMILES string of the molecule is Cc1ccc2[nH]c(C3CCCCC3CN)nc2n1. The number of aryl methyl sites for hydroxylation is 1. The molecule has 4 nitrogen and oxygen atoms in total. The molecule has 4 heteroatoms. The van der Waals surface area contributed by atoms with Crippen LogP contribution in [-0.2, 0) is 0 Å². The van der Waals surface area contributed by atoms with Gasteiger partial charge in [0.05, 0.1) is 5.52 Å². The Hall–Kier alpha value is -1.42. The van der Waals surface area contributed by atoms with Crippen LogP contribution in [0.1, 0.15) is 43.1 Å². The minimum absolute atomic E-state index is 0.484. The lowest BCUT2D eigenvalue weighted by Crippen LogP contribution is -2.25. The van der Waals surface area contributed by atoms with Crippen molar-refractivity contribution in [1.29, 1.82) is 0 Å². The highest BCUT2D eigenvalue weighted by Crippen LogP contribution is 2.36. The van der Waals surface area contributed by atoms with E-state index in [2.05, 4.69) is 21.0 Å². The third-order valence-electron chi connectivity index (χ3n) is 4.07. The summed E-state index contributed by atoms with van der Waals surface area (Å²) < 4.78 is 0. The first-order valence-electron chi connectivity index (χ1n) is 6.81. The standard InChI is InChI=1S/C14H20N4/c1-9-6-7-12-14(16-9)18-13(17-12)11-5-3-2-4-10(11)8-15/h6-7,10-11H,2-5,8,15H2,1H3,(H,16,17,18). The smallest absolute Gasteiger partial charge is 0.177 e. The van der Waals surface area contributed by atoms with Crippen LogP contribution in [0.4, 0.5) is 0 Å². The molecule has 2 aromatic rings. The average Bonchev–Trinajstić information content (AvgIpc) is 2.81. The number of nitrogens with two attached hydrogens (primary N) is 1. The quantitative estimate of drug-likeness (QED) is 0.853. The van der Waals surface area contributed by atoms with E-state index in [1.165, 1.54) is 25.7 Å². The van der Waals surface area contributed by atoms with E-state index >= 15 is 0 Å². The van der Waals surface area contributed by atoms with Gasteiger partial charge in [-0.2, -0.15) is 0 Å². The zero-order chi connectivity index (χ0) is 12.5. The predicted molar refractivity (Wildman–Crippen MR) is 72.4 cm³/mol. The number of aromatic amines is 1. The number of nitrogens with zero attached hydrogens (tertiary/aromatic N) is 2. The Labute approximate surface area is 107 Å². The molecule has 0 aromatic carbocycles. The number of rotatable bonds is 2. The summed E-state index contributed by atoms with van der Waals surface area (Å²) in [5.74, 6) is 2.14. The Morgan fingerprint density at radius 3 is 2.94 bits per heavy atom. The molecule has 3 rings (SSSR count). The van der Waals surface area contributed by atoms with Gasteiger partial charge in [-0.1, -0.05) is 12.8 Å². The van der Waals surface area contributed by atoms with Crippen molar-refractivity contribution in [2.75, 3.05) is 6.54 Å². The molecule has 2 aromatic heterocycles. The number of aromatic nitrogens is 3. The third kappa shape index (κ3) is 2.01. The molecule has 0 radical (unpaired) electrons. The summed E-state index contributed by atoms with van der Waals surface area (Å²) in [7, 11) is 0. The molecule has 0 saturated heterocycles. The number of hydrogen-bond acceptors (Lipinski definition) is 3. The maximum Gasteiger partial charge on any atom is 0.177 e. The highest BCUT2D eigenvalue weighted by molar-refractivity contribution is 5.70. The van der Waals surface area contributed by atoms with E-state index in [1.807, 2.05) is 13.0 Å². The van der Waals surface area contributed by atoms with Crippen LogP contribution in [0.15, 0.2) is 12.1 Å². The van der Waals surface area contributed by atoms with Gasteiger partial charge >= 0.3 is 0 Å². The first kappa shape index (κ1) is 11.7. The first-order chi connectivity index (χ1) is 8.78. The molecule has 96 valence electrons. The number of imidazole rings is 1. The Morgan fingerprint density at radius 1 is 1.28 bits per heavy atom. The number of hydrogen-bond donors (Lipinski definition) is 2. The molecule has 0 aliphatic heterocycles. The number of pyridine rings is 1. The average molecular weight is 244 g/mol. The lowest BCUT2D eigenvalue weighted by atomic mass is 9.79. The van der Waals surface area contributed by atoms with Crippen LogP contribution in [0, 0.1) is 12.8 Å². The maximum absolute atomic E-state index is 5.89. The fourth-order valence-electron chi connectivity index (χ4n) is 3.03. The second kappa shape index (κ2) is 4.69. The van der Waals surface area contributed by atoms with Crippen molar-refractivity contribution in [3.63, 3.8) is 0 Å². The summed E-state index contributed by atoms with van der Waals surface area (Å²) in [6.45, 7) is 2.76. The molecule has 1 saturated carbocycles. The molecular weight excluding hydrogens is 224 g/mol. The summed E-state index contributed by atoms with van der Waals surface area (Å²) in [4.78, 5) is 12.6. The maximum atomic E-state index is 5.89. The van der Waals surface area contributed by atoms with Crippen LogP contribution >= 0.6 is 0 Å². The van der Waals surface area contributed by atoms with Crippen LogP contribution < -0.4 is 5.73 Å². The minimum atomic E-state index is 0.484. The lowest BCUT2D eigenvalue weighted by molar-refractivity contribution is 0.306. The molecule has 1 aliphatic rings. The van der Waals surface area contributed by atoms with E-state index in [-0.39, 0.29) is 0 Å². The van der Waals surface area contributed by atoms with Gasteiger partial charge in [-0.15, -0.1) is 0 Å². The number of H-pyrrole nitrogens is 1. The zero-order valence-corrected chi connectivity index (χ0v) is 10.8. The van der Waals surface area contributed by atoms with E-state index in [4.69, 9.17) is 5.73 Å². The zero-order valence-electron chi connectivity index (χ0n) is 10.8. The summed E-state index contributed by atoms with van der Waals surface area (Å²) in [6, 6.07) is 4.08. The van der Waals surface area contributed by atoms with Crippen molar-refractivity contribution in [3.05, 3.63) is 23.7 Å².